The van der Waals surface area contributed by atoms with E-state index in [1.807, 2.05) is 18.2 Å². The first-order chi connectivity index (χ1) is 8.60. The maximum atomic E-state index is 9.65. The van der Waals surface area contributed by atoms with Crippen LogP contribution in [0.5, 0.6) is 5.75 Å². The van der Waals surface area contributed by atoms with Crippen LogP contribution in [-0.4, -0.2) is 30.7 Å². The molecule has 3 heteroatoms. The maximum absolute atomic E-state index is 9.65. The Morgan fingerprint density at radius 1 is 1.44 bits per heavy atom. The van der Waals surface area contributed by atoms with Crippen LogP contribution >= 0.6 is 0 Å². The second-order valence-corrected chi connectivity index (χ2v) is 5.39. The minimum Gasteiger partial charge on any atom is -0.496 e. The number of benzene rings is 1. The Kier molecular flexibility index (Phi) is 4.25. The minimum absolute atomic E-state index is 0.427. The fourth-order valence-corrected chi connectivity index (χ4v) is 2.28. The molecule has 0 radical (unpaired) electrons. The van der Waals surface area contributed by atoms with Crippen molar-refractivity contribution in [3.05, 3.63) is 29.3 Å². The Morgan fingerprint density at radius 3 is 2.72 bits per heavy atom. The minimum atomic E-state index is -0.427. The van der Waals surface area contributed by atoms with E-state index in [0.29, 0.717) is 0 Å². The second-order valence-electron chi connectivity index (χ2n) is 5.39. The molecule has 1 fully saturated rings. The molecule has 1 atom stereocenters. The summed E-state index contributed by atoms with van der Waals surface area (Å²) in [5.74, 6) is 1.79. The van der Waals surface area contributed by atoms with Crippen LogP contribution in [-0.2, 0) is 6.54 Å². The molecule has 3 nitrogen and oxygen atoms in total. The van der Waals surface area contributed by atoms with Gasteiger partial charge in [-0.2, -0.15) is 0 Å². The van der Waals surface area contributed by atoms with Gasteiger partial charge in [-0.25, -0.2) is 0 Å². The van der Waals surface area contributed by atoms with Crippen LogP contribution in [0.15, 0.2) is 18.2 Å². The number of methoxy groups -OCH3 is 1. The number of hydrogen-bond acceptors (Lipinski definition) is 3. The largest absolute Gasteiger partial charge is 0.496 e. The molecule has 1 aliphatic carbocycles. The third-order valence-corrected chi connectivity index (χ3v) is 3.49. The highest BCUT2D eigenvalue weighted by molar-refractivity contribution is 5.38. The predicted molar refractivity (Wildman–Crippen MR) is 72.7 cm³/mol. The van der Waals surface area contributed by atoms with Crippen molar-refractivity contribution in [3.8, 4) is 5.75 Å². The highest BCUT2D eigenvalue weighted by atomic mass is 16.5. The normalized spacial score (nSPS) is 16.9. The van der Waals surface area contributed by atoms with Crippen LogP contribution in [0, 0.1) is 5.92 Å². The van der Waals surface area contributed by atoms with Gasteiger partial charge in [0.25, 0.3) is 0 Å². The van der Waals surface area contributed by atoms with Crippen LogP contribution in [0.4, 0.5) is 0 Å². The molecule has 0 aromatic heterocycles. The summed E-state index contributed by atoms with van der Waals surface area (Å²) in [7, 11) is 3.84. The highest BCUT2D eigenvalue weighted by Gasteiger charge is 2.23. The van der Waals surface area contributed by atoms with Crippen LogP contribution < -0.4 is 4.74 Å². The van der Waals surface area contributed by atoms with E-state index in [1.54, 1.807) is 14.0 Å². The average Bonchev–Trinajstić information content (AvgIpc) is 3.12. The Labute approximate surface area is 109 Å². The standard InChI is InChI=1S/C15H23NO2/c1-11(17)13-6-7-15(18-3)14(8-13)10-16(2)9-12-4-5-12/h6-8,11-12,17H,4-5,9-10H2,1-3H3. The average molecular weight is 249 g/mol. The van der Waals surface area contributed by atoms with Gasteiger partial charge < -0.3 is 14.7 Å². The highest BCUT2D eigenvalue weighted by Crippen LogP contribution is 2.30. The summed E-state index contributed by atoms with van der Waals surface area (Å²) in [5.41, 5.74) is 2.10. The topological polar surface area (TPSA) is 32.7 Å². The summed E-state index contributed by atoms with van der Waals surface area (Å²) in [5, 5.41) is 9.65. The summed E-state index contributed by atoms with van der Waals surface area (Å²) in [6, 6.07) is 5.92. The molecule has 1 N–H and O–H groups in total. The molecule has 0 saturated heterocycles. The third kappa shape index (κ3) is 3.47. The van der Waals surface area contributed by atoms with Gasteiger partial charge in [0.2, 0.25) is 0 Å². The number of nitrogens with zero attached hydrogens (tertiary/aromatic N) is 1. The van der Waals surface area contributed by atoms with Gasteiger partial charge in [0, 0.05) is 18.7 Å². The maximum Gasteiger partial charge on any atom is 0.123 e. The zero-order chi connectivity index (χ0) is 13.1. The van der Waals surface area contributed by atoms with Crippen molar-refractivity contribution in [1.29, 1.82) is 0 Å². The van der Waals surface area contributed by atoms with Gasteiger partial charge >= 0.3 is 0 Å². The van der Waals surface area contributed by atoms with E-state index >= 15 is 0 Å². The van der Waals surface area contributed by atoms with Gasteiger partial charge in [0.1, 0.15) is 5.75 Å². The lowest BCUT2D eigenvalue weighted by atomic mass is 10.1. The quantitative estimate of drug-likeness (QED) is 0.841. The molecule has 18 heavy (non-hydrogen) atoms. The van der Waals surface area contributed by atoms with Crippen molar-refractivity contribution < 1.29 is 9.84 Å². The Bertz CT molecular complexity index is 399. The number of rotatable bonds is 6. The van der Waals surface area contributed by atoms with Gasteiger partial charge in [-0.15, -0.1) is 0 Å². The summed E-state index contributed by atoms with van der Waals surface area (Å²) < 4.78 is 5.39. The molecule has 2 rings (SSSR count). The van der Waals surface area contributed by atoms with Crippen molar-refractivity contribution >= 4 is 0 Å². The van der Waals surface area contributed by atoms with E-state index in [0.717, 1.165) is 35.9 Å². The number of ether oxygens (including phenoxy) is 1. The number of hydrogen-bond donors (Lipinski definition) is 1. The molecular weight excluding hydrogens is 226 g/mol. The molecular formula is C15H23NO2. The summed E-state index contributed by atoms with van der Waals surface area (Å²) in [6.07, 6.45) is 2.31. The molecule has 1 aromatic rings. The van der Waals surface area contributed by atoms with Crippen LogP contribution in [0.1, 0.15) is 37.0 Å². The van der Waals surface area contributed by atoms with Crippen molar-refractivity contribution in [3.63, 3.8) is 0 Å². The summed E-state index contributed by atoms with van der Waals surface area (Å²) >= 11 is 0. The lowest BCUT2D eigenvalue weighted by Gasteiger charge is -2.19. The van der Waals surface area contributed by atoms with Gasteiger partial charge in [-0.1, -0.05) is 6.07 Å². The number of aliphatic hydroxyl groups excluding tert-OH is 1. The fraction of sp³-hybridized carbons (Fsp3) is 0.600. The van der Waals surface area contributed by atoms with Gasteiger partial charge in [-0.05, 0) is 50.4 Å². The van der Waals surface area contributed by atoms with E-state index < -0.39 is 6.10 Å². The molecule has 1 unspecified atom stereocenters. The molecule has 0 spiro atoms. The fourth-order valence-electron chi connectivity index (χ4n) is 2.28. The summed E-state index contributed by atoms with van der Waals surface area (Å²) in [4.78, 5) is 2.33. The van der Waals surface area contributed by atoms with E-state index in [4.69, 9.17) is 4.74 Å². The van der Waals surface area contributed by atoms with E-state index in [1.165, 1.54) is 12.8 Å². The molecule has 0 heterocycles. The third-order valence-electron chi connectivity index (χ3n) is 3.49. The Hall–Kier alpha value is -1.06. The van der Waals surface area contributed by atoms with Crippen molar-refractivity contribution in [2.75, 3.05) is 20.7 Å². The van der Waals surface area contributed by atoms with Gasteiger partial charge in [0.15, 0.2) is 0 Å². The zero-order valence-corrected chi connectivity index (χ0v) is 11.5. The first-order valence-corrected chi connectivity index (χ1v) is 6.63. The molecule has 1 aromatic carbocycles. The first kappa shape index (κ1) is 13.4. The lowest BCUT2D eigenvalue weighted by Crippen LogP contribution is -2.20. The SMILES string of the molecule is COc1ccc(C(C)O)cc1CN(C)CC1CC1. The van der Waals surface area contributed by atoms with Crippen LogP contribution in [0.2, 0.25) is 0 Å². The zero-order valence-electron chi connectivity index (χ0n) is 11.5. The molecule has 1 saturated carbocycles. The molecule has 100 valence electrons. The van der Waals surface area contributed by atoms with E-state index in [9.17, 15) is 5.11 Å². The smallest absolute Gasteiger partial charge is 0.123 e. The second kappa shape index (κ2) is 5.72. The monoisotopic (exact) mass is 249 g/mol. The molecule has 0 amide bonds. The summed E-state index contributed by atoms with van der Waals surface area (Å²) in [6.45, 7) is 3.82. The van der Waals surface area contributed by atoms with Crippen molar-refractivity contribution in [2.24, 2.45) is 5.92 Å². The molecule has 0 bridgehead atoms. The molecule has 1 aliphatic rings. The van der Waals surface area contributed by atoms with Crippen molar-refractivity contribution in [1.82, 2.24) is 4.90 Å². The Balaban J connectivity index is 2.09. The predicted octanol–water partition coefficient (Wildman–Crippen LogP) is 2.59. The van der Waals surface area contributed by atoms with E-state index in [-0.39, 0.29) is 0 Å². The van der Waals surface area contributed by atoms with Gasteiger partial charge in [0.05, 0.1) is 13.2 Å². The molecule has 0 aliphatic heterocycles. The first-order valence-electron chi connectivity index (χ1n) is 6.63. The van der Waals surface area contributed by atoms with E-state index in [2.05, 4.69) is 11.9 Å². The van der Waals surface area contributed by atoms with Crippen LogP contribution in [0.3, 0.4) is 0 Å². The number of aliphatic hydroxyl groups is 1. The van der Waals surface area contributed by atoms with Crippen molar-refractivity contribution in [2.45, 2.75) is 32.4 Å². The van der Waals surface area contributed by atoms with Gasteiger partial charge in [-0.3, -0.25) is 0 Å². The Morgan fingerprint density at radius 2 is 2.17 bits per heavy atom. The van der Waals surface area contributed by atoms with Crippen LogP contribution in [0.25, 0.3) is 0 Å². The lowest BCUT2D eigenvalue weighted by molar-refractivity contribution is 0.199.